The minimum Gasteiger partial charge on any atom is -0.345 e. The molecule has 1 aliphatic rings. The molecule has 1 saturated heterocycles. The largest absolute Gasteiger partial charge is 0.345 e. The van der Waals surface area contributed by atoms with Crippen LogP contribution < -0.4 is 4.90 Å². The van der Waals surface area contributed by atoms with Crippen molar-refractivity contribution >= 4 is 44.4 Å². The summed E-state index contributed by atoms with van der Waals surface area (Å²) in [5.41, 5.74) is 1.79. The molecule has 0 radical (unpaired) electrons. The van der Waals surface area contributed by atoms with Gasteiger partial charge in [-0.3, -0.25) is 9.78 Å². The Morgan fingerprint density at radius 1 is 1.12 bits per heavy atom. The lowest BCUT2D eigenvalue weighted by Gasteiger charge is -2.34. The van der Waals surface area contributed by atoms with Crippen LogP contribution in [0.1, 0.15) is 10.4 Å². The highest BCUT2D eigenvalue weighted by atomic mass is 32.2. The highest BCUT2D eigenvalue weighted by Gasteiger charge is 2.24. The highest BCUT2D eigenvalue weighted by Crippen LogP contribution is 2.34. The minimum absolute atomic E-state index is 0.0796. The van der Waals surface area contributed by atoms with Crippen LogP contribution in [0.2, 0.25) is 0 Å². The van der Waals surface area contributed by atoms with E-state index in [1.54, 1.807) is 47.6 Å². The molecule has 4 rings (SSSR count). The van der Waals surface area contributed by atoms with Gasteiger partial charge in [0.05, 0.1) is 10.2 Å². The van der Waals surface area contributed by atoms with E-state index in [9.17, 15) is 4.79 Å². The van der Waals surface area contributed by atoms with E-state index >= 15 is 0 Å². The van der Waals surface area contributed by atoms with Crippen LogP contribution in [0.25, 0.3) is 10.2 Å². The Hall–Kier alpha value is -2.12. The fourth-order valence-corrected chi connectivity index (χ4v) is 4.66. The fourth-order valence-electron chi connectivity index (χ4n) is 2.99. The average Bonchev–Trinajstić information content (AvgIpc) is 3.12. The molecule has 0 saturated carbocycles. The molecule has 2 aromatic heterocycles. The first kappa shape index (κ1) is 16.4. The first-order valence-corrected chi connectivity index (χ1v) is 10.2. The standard InChI is InChI=1S/C18H18N4OS2/c1-24-14-3-2-4-15-16(14)20-18(25-15)22-11-9-21(10-12-22)17(23)13-5-7-19-8-6-13/h2-8H,9-12H2,1H3. The van der Waals surface area contributed by atoms with Crippen molar-refractivity contribution in [2.24, 2.45) is 0 Å². The number of fused-ring (bicyclic) bond motifs is 1. The van der Waals surface area contributed by atoms with Crippen LogP contribution >= 0.6 is 23.1 Å². The van der Waals surface area contributed by atoms with E-state index in [1.165, 1.54) is 9.60 Å². The minimum atomic E-state index is 0.0796. The summed E-state index contributed by atoms with van der Waals surface area (Å²) in [6.07, 6.45) is 5.40. The van der Waals surface area contributed by atoms with E-state index in [0.29, 0.717) is 18.7 Å². The third kappa shape index (κ3) is 3.21. The second-order valence-electron chi connectivity index (χ2n) is 5.82. The Kier molecular flexibility index (Phi) is 4.59. The summed E-state index contributed by atoms with van der Waals surface area (Å²) in [6, 6.07) is 9.86. The molecule has 1 aromatic carbocycles. The smallest absolute Gasteiger partial charge is 0.254 e. The van der Waals surface area contributed by atoms with Crippen LogP contribution in [0.5, 0.6) is 0 Å². The van der Waals surface area contributed by atoms with Gasteiger partial charge in [0.1, 0.15) is 0 Å². The number of rotatable bonds is 3. The van der Waals surface area contributed by atoms with Crippen LogP contribution in [0.15, 0.2) is 47.6 Å². The molecular weight excluding hydrogens is 352 g/mol. The maximum atomic E-state index is 12.5. The SMILES string of the molecule is CSc1cccc2sc(N3CCN(C(=O)c4ccncc4)CC3)nc12. The molecule has 0 unspecified atom stereocenters. The van der Waals surface area contributed by atoms with Gasteiger partial charge >= 0.3 is 0 Å². The Morgan fingerprint density at radius 3 is 2.60 bits per heavy atom. The number of thioether (sulfide) groups is 1. The Bertz CT molecular complexity index is 888. The Balaban J connectivity index is 1.48. The van der Waals surface area contributed by atoms with Crippen LogP contribution in [0, 0.1) is 0 Å². The second-order valence-corrected chi connectivity index (χ2v) is 7.68. The predicted octanol–water partition coefficient (Wildman–Crippen LogP) is 3.38. The first-order valence-electron chi connectivity index (χ1n) is 8.14. The molecule has 128 valence electrons. The van der Waals surface area contributed by atoms with E-state index in [0.717, 1.165) is 23.7 Å². The van der Waals surface area contributed by atoms with Crippen molar-refractivity contribution < 1.29 is 4.79 Å². The van der Waals surface area contributed by atoms with Crippen LogP contribution in [-0.4, -0.2) is 53.2 Å². The fraction of sp³-hybridized carbons (Fsp3) is 0.278. The zero-order valence-electron chi connectivity index (χ0n) is 13.9. The molecule has 0 N–H and O–H groups in total. The average molecular weight is 371 g/mol. The van der Waals surface area contributed by atoms with Gasteiger partial charge in [0.2, 0.25) is 0 Å². The molecular formula is C18H18N4OS2. The summed E-state index contributed by atoms with van der Waals surface area (Å²) in [7, 11) is 0. The predicted molar refractivity (Wildman–Crippen MR) is 104 cm³/mol. The normalized spacial score (nSPS) is 14.9. The number of aromatic nitrogens is 2. The van der Waals surface area contributed by atoms with Gasteiger partial charge in [-0.2, -0.15) is 0 Å². The molecule has 0 bridgehead atoms. The van der Waals surface area contributed by atoms with E-state index in [4.69, 9.17) is 4.98 Å². The topological polar surface area (TPSA) is 49.3 Å². The third-order valence-electron chi connectivity index (χ3n) is 4.36. The molecule has 0 atom stereocenters. The van der Waals surface area contributed by atoms with Gasteiger partial charge < -0.3 is 9.80 Å². The molecule has 1 amide bonds. The number of anilines is 1. The number of thiazole rings is 1. The number of benzene rings is 1. The van der Waals surface area contributed by atoms with Gasteiger partial charge in [0.25, 0.3) is 5.91 Å². The van der Waals surface area contributed by atoms with Crippen LogP contribution in [-0.2, 0) is 0 Å². The molecule has 5 nitrogen and oxygen atoms in total. The van der Waals surface area contributed by atoms with E-state index in [2.05, 4.69) is 34.3 Å². The second kappa shape index (κ2) is 7.01. The van der Waals surface area contributed by atoms with Crippen molar-refractivity contribution in [1.82, 2.24) is 14.9 Å². The van der Waals surface area contributed by atoms with E-state index < -0.39 is 0 Å². The summed E-state index contributed by atoms with van der Waals surface area (Å²) >= 11 is 3.46. The monoisotopic (exact) mass is 370 g/mol. The van der Waals surface area contributed by atoms with Crippen molar-refractivity contribution in [1.29, 1.82) is 0 Å². The molecule has 3 heterocycles. The van der Waals surface area contributed by atoms with Crippen molar-refractivity contribution in [3.05, 3.63) is 48.3 Å². The van der Waals surface area contributed by atoms with Crippen molar-refractivity contribution in [3.63, 3.8) is 0 Å². The number of para-hydroxylation sites is 1. The van der Waals surface area contributed by atoms with Gasteiger partial charge in [-0.15, -0.1) is 11.8 Å². The molecule has 25 heavy (non-hydrogen) atoms. The van der Waals surface area contributed by atoms with Gasteiger partial charge in [-0.1, -0.05) is 17.4 Å². The number of piperazine rings is 1. The number of carbonyl (C=O) groups excluding carboxylic acids is 1. The first-order chi connectivity index (χ1) is 12.3. The number of hydrogen-bond acceptors (Lipinski definition) is 6. The van der Waals surface area contributed by atoms with Gasteiger partial charge in [0.15, 0.2) is 5.13 Å². The van der Waals surface area contributed by atoms with Gasteiger partial charge in [-0.05, 0) is 30.5 Å². The molecule has 0 aliphatic carbocycles. The Labute approximate surface area is 154 Å². The molecule has 1 aliphatic heterocycles. The number of pyridine rings is 1. The zero-order valence-corrected chi connectivity index (χ0v) is 15.5. The van der Waals surface area contributed by atoms with Gasteiger partial charge in [0, 0.05) is 49.0 Å². The van der Waals surface area contributed by atoms with Crippen molar-refractivity contribution in [2.45, 2.75) is 4.90 Å². The van der Waals surface area contributed by atoms with Crippen LogP contribution in [0.3, 0.4) is 0 Å². The number of amides is 1. The summed E-state index contributed by atoms with van der Waals surface area (Å²) in [5.74, 6) is 0.0796. The summed E-state index contributed by atoms with van der Waals surface area (Å²) in [5, 5.41) is 1.05. The summed E-state index contributed by atoms with van der Waals surface area (Å²) in [4.78, 5) is 26.8. The number of carbonyl (C=O) groups is 1. The number of hydrogen-bond donors (Lipinski definition) is 0. The highest BCUT2D eigenvalue weighted by molar-refractivity contribution is 7.98. The van der Waals surface area contributed by atoms with Crippen LogP contribution in [0.4, 0.5) is 5.13 Å². The lowest BCUT2D eigenvalue weighted by atomic mass is 10.2. The lowest BCUT2D eigenvalue weighted by molar-refractivity contribution is 0.0746. The van der Waals surface area contributed by atoms with E-state index in [-0.39, 0.29) is 5.91 Å². The third-order valence-corrected chi connectivity index (χ3v) is 6.21. The van der Waals surface area contributed by atoms with Gasteiger partial charge in [-0.25, -0.2) is 4.98 Å². The summed E-state index contributed by atoms with van der Waals surface area (Å²) in [6.45, 7) is 3.05. The Morgan fingerprint density at radius 2 is 1.88 bits per heavy atom. The molecule has 3 aromatic rings. The van der Waals surface area contributed by atoms with Crippen molar-refractivity contribution in [3.8, 4) is 0 Å². The molecule has 1 fully saturated rings. The zero-order chi connectivity index (χ0) is 17.2. The molecule has 7 heteroatoms. The maximum absolute atomic E-state index is 12.5. The lowest BCUT2D eigenvalue weighted by Crippen LogP contribution is -2.48. The van der Waals surface area contributed by atoms with E-state index in [1.807, 2.05) is 4.90 Å². The number of nitrogens with zero attached hydrogens (tertiary/aromatic N) is 4. The quantitative estimate of drug-likeness (QED) is 0.662. The maximum Gasteiger partial charge on any atom is 0.254 e. The summed E-state index contributed by atoms with van der Waals surface area (Å²) < 4.78 is 1.22. The van der Waals surface area contributed by atoms with Crippen molar-refractivity contribution in [2.75, 3.05) is 37.3 Å². The molecule has 0 spiro atoms.